The zero-order chi connectivity index (χ0) is 28.7. The minimum atomic E-state index is -4.91. The zero-order valence-corrected chi connectivity index (χ0v) is 23.8. The van der Waals surface area contributed by atoms with Crippen LogP contribution in [0.5, 0.6) is 17.2 Å². The molecule has 0 aliphatic rings. The van der Waals surface area contributed by atoms with E-state index in [4.69, 9.17) is 4.74 Å². The molecule has 0 saturated carbocycles. The third-order valence-electron chi connectivity index (χ3n) is 4.66. The molecule has 0 fully saturated rings. The molecule has 0 spiro atoms. The SMILES string of the molecule is C=NC(=C)c1c(C(=C)C)cc(S(=O)(=O)O)c(N=Nc2cc(OC)c(S(C)(=O)=O)cc2O)c1O.C[C-]=CC.[Cu+]. The smallest absolute Gasteiger partial charge is 0.506 e. The van der Waals surface area contributed by atoms with Gasteiger partial charge in [-0.25, -0.2) is 8.42 Å². The number of phenols is 2. The number of benzene rings is 2. The molecule has 210 valence electrons. The number of methoxy groups -OCH3 is 1. The van der Waals surface area contributed by atoms with Crippen molar-refractivity contribution in [3.8, 4) is 17.2 Å². The summed E-state index contributed by atoms with van der Waals surface area (Å²) in [5, 5.41) is 28.4. The van der Waals surface area contributed by atoms with Crippen LogP contribution >= 0.6 is 0 Å². The Morgan fingerprint density at radius 2 is 1.63 bits per heavy atom. The van der Waals surface area contributed by atoms with E-state index in [0.29, 0.717) is 5.57 Å². The second-order valence-electron chi connectivity index (χ2n) is 7.40. The van der Waals surface area contributed by atoms with Crippen LogP contribution < -0.4 is 4.74 Å². The second kappa shape index (κ2) is 14.0. The Morgan fingerprint density at radius 1 is 1.08 bits per heavy atom. The van der Waals surface area contributed by atoms with Gasteiger partial charge in [-0.2, -0.15) is 15.3 Å². The first-order valence-corrected chi connectivity index (χ1v) is 13.5. The molecule has 2 aromatic carbocycles. The summed E-state index contributed by atoms with van der Waals surface area (Å²) >= 11 is 0. The van der Waals surface area contributed by atoms with Crippen molar-refractivity contribution in [3.05, 3.63) is 54.6 Å². The third-order valence-corrected chi connectivity index (χ3v) is 6.65. The topological polar surface area (TPSA) is 175 Å². The van der Waals surface area contributed by atoms with Crippen LogP contribution in [-0.4, -0.2) is 51.7 Å². The van der Waals surface area contributed by atoms with Crippen LogP contribution in [-0.2, 0) is 37.0 Å². The first-order chi connectivity index (χ1) is 17.0. The van der Waals surface area contributed by atoms with E-state index in [1.54, 1.807) is 0 Å². The van der Waals surface area contributed by atoms with E-state index in [-0.39, 0.29) is 50.2 Å². The van der Waals surface area contributed by atoms with E-state index in [2.05, 4.69) is 41.2 Å². The summed E-state index contributed by atoms with van der Waals surface area (Å²) in [4.78, 5) is 2.52. The van der Waals surface area contributed by atoms with Crippen LogP contribution in [0, 0.1) is 6.08 Å². The van der Waals surface area contributed by atoms with Crippen LogP contribution in [0.15, 0.2) is 62.4 Å². The molecule has 0 bridgehead atoms. The molecule has 0 heterocycles. The minimum absolute atomic E-state index is 0. The number of phenolic OH excluding ortho intramolecular Hbond substituents is 2. The molecule has 3 N–H and O–H groups in total. The summed E-state index contributed by atoms with van der Waals surface area (Å²) in [5.74, 6) is -1.53. The van der Waals surface area contributed by atoms with Gasteiger partial charge in [0.15, 0.2) is 15.6 Å². The van der Waals surface area contributed by atoms with Crippen molar-refractivity contribution in [1.82, 2.24) is 0 Å². The summed E-state index contributed by atoms with van der Waals surface area (Å²) in [5.41, 5.74) is -0.659. The molecular formula is C24H28CuN3O8S2. The predicted octanol–water partition coefficient (Wildman–Crippen LogP) is 5.26. The van der Waals surface area contributed by atoms with Gasteiger partial charge in [-0.15, -0.1) is 10.2 Å². The van der Waals surface area contributed by atoms with Gasteiger partial charge in [0.25, 0.3) is 10.1 Å². The van der Waals surface area contributed by atoms with E-state index in [9.17, 15) is 31.6 Å². The van der Waals surface area contributed by atoms with Gasteiger partial charge in [0, 0.05) is 18.4 Å². The molecule has 0 saturated heterocycles. The van der Waals surface area contributed by atoms with Gasteiger partial charge in [-0.05, 0) is 25.3 Å². The molecule has 2 rings (SSSR count). The Labute approximate surface area is 233 Å². The van der Waals surface area contributed by atoms with Gasteiger partial charge >= 0.3 is 17.1 Å². The Kier molecular flexibility index (Phi) is 12.8. The number of aliphatic imine (C=N–C) groups is 1. The summed E-state index contributed by atoms with van der Waals surface area (Å²) in [6.45, 7) is 16.0. The molecule has 11 nitrogen and oxygen atoms in total. The quantitative estimate of drug-likeness (QED) is 0.119. The number of ether oxygens (including phenoxy) is 1. The number of allylic oxidation sites excluding steroid dienone is 3. The largest absolute Gasteiger partial charge is 1.00 e. The van der Waals surface area contributed by atoms with Crippen LogP contribution in [0.25, 0.3) is 11.3 Å². The molecule has 0 unspecified atom stereocenters. The van der Waals surface area contributed by atoms with E-state index in [0.717, 1.165) is 24.5 Å². The molecule has 14 heteroatoms. The Balaban J connectivity index is 0.00000255. The van der Waals surface area contributed by atoms with Gasteiger partial charge in [-0.1, -0.05) is 25.7 Å². The van der Waals surface area contributed by atoms with Crippen LogP contribution in [0.4, 0.5) is 11.4 Å². The van der Waals surface area contributed by atoms with Gasteiger partial charge in [0.05, 0.1) is 18.4 Å². The summed E-state index contributed by atoms with van der Waals surface area (Å²) in [6, 6.07) is 2.93. The van der Waals surface area contributed by atoms with Gasteiger partial charge < -0.3 is 21.0 Å². The van der Waals surface area contributed by atoms with Crippen molar-refractivity contribution in [2.75, 3.05) is 13.4 Å². The van der Waals surface area contributed by atoms with Crippen molar-refractivity contribution >= 4 is 49.3 Å². The average molecular weight is 614 g/mol. The maximum atomic E-state index is 12.0. The molecule has 0 amide bonds. The molecule has 0 aliphatic carbocycles. The maximum Gasteiger partial charge on any atom is 1.00 e. The van der Waals surface area contributed by atoms with Gasteiger partial charge in [0.1, 0.15) is 32.7 Å². The van der Waals surface area contributed by atoms with Crippen molar-refractivity contribution in [2.24, 2.45) is 15.2 Å². The van der Waals surface area contributed by atoms with Gasteiger partial charge in [-0.3, -0.25) is 15.6 Å². The number of sulfone groups is 1. The van der Waals surface area contributed by atoms with E-state index < -0.39 is 42.0 Å². The number of aromatic hydroxyl groups is 2. The van der Waals surface area contributed by atoms with E-state index in [1.165, 1.54) is 14.0 Å². The molecule has 0 aliphatic heterocycles. The Hall–Kier alpha value is -3.29. The zero-order valence-electron chi connectivity index (χ0n) is 21.3. The first kappa shape index (κ1) is 34.7. The molecule has 0 atom stereocenters. The number of nitrogens with zero attached hydrogens (tertiary/aromatic N) is 3. The van der Waals surface area contributed by atoms with Crippen molar-refractivity contribution in [2.45, 2.75) is 30.6 Å². The third kappa shape index (κ3) is 8.36. The standard InChI is InChI=1S/C20H21N3O8S2.C4H7.Cu/c1-10(2)12-7-17(33(28,29)30)19(20(25)18(12)11(3)21-4)23-22-13-8-15(31-5)16(9-14(13)24)32(6,26)27;1-3-4-2;/h7-9,24-25H,1,3-4H2,2,5-6H3,(H,28,29,30);3H,1-2H3;/q;-1;+1. The fourth-order valence-corrected chi connectivity index (χ4v) is 4.29. The van der Waals surface area contributed by atoms with Crippen molar-refractivity contribution < 1.29 is 53.4 Å². The number of rotatable bonds is 8. The van der Waals surface area contributed by atoms with Crippen LogP contribution in [0.2, 0.25) is 0 Å². The normalized spacial score (nSPS) is 11.4. The fourth-order valence-electron chi connectivity index (χ4n) is 2.81. The second-order valence-corrected chi connectivity index (χ2v) is 10.8. The van der Waals surface area contributed by atoms with Gasteiger partial charge in [0.2, 0.25) is 0 Å². The van der Waals surface area contributed by atoms with Crippen LogP contribution in [0.3, 0.4) is 0 Å². The van der Waals surface area contributed by atoms with E-state index >= 15 is 0 Å². The summed E-state index contributed by atoms with van der Waals surface area (Å²) in [6.07, 6.45) is 5.59. The molecule has 2 aromatic rings. The summed E-state index contributed by atoms with van der Waals surface area (Å²) in [7, 11) is -7.48. The molecule has 38 heavy (non-hydrogen) atoms. The monoisotopic (exact) mass is 613 g/mol. The molecular weight excluding hydrogens is 586 g/mol. The predicted molar refractivity (Wildman–Crippen MR) is 142 cm³/mol. The number of hydrogen-bond acceptors (Lipinski definition) is 10. The summed E-state index contributed by atoms with van der Waals surface area (Å²) < 4.78 is 62.4. The Bertz CT molecular complexity index is 1510. The minimum Gasteiger partial charge on any atom is -0.506 e. The van der Waals surface area contributed by atoms with Crippen LogP contribution in [0.1, 0.15) is 31.9 Å². The first-order valence-electron chi connectivity index (χ1n) is 10.2. The number of hydrogen-bond donors (Lipinski definition) is 3. The van der Waals surface area contributed by atoms with E-state index in [1.807, 2.05) is 19.9 Å². The Morgan fingerprint density at radius 3 is 2.03 bits per heavy atom. The van der Waals surface area contributed by atoms with Crippen molar-refractivity contribution in [3.63, 3.8) is 0 Å². The maximum absolute atomic E-state index is 12.0. The van der Waals surface area contributed by atoms with Crippen molar-refractivity contribution in [1.29, 1.82) is 0 Å². The molecule has 0 radical (unpaired) electrons. The molecule has 0 aromatic heterocycles. The average Bonchev–Trinajstić information content (AvgIpc) is 2.81. The fraction of sp³-hybridized carbons (Fsp3) is 0.208. The number of azo groups is 1.